The standard InChI is InChI=1S/C7H13N3O2/c1-6-5-9(8-12)3-4-10(6)7(2)11/h6H,3-5H2,1-2H3/t6-/m0/s1. The SMILES string of the molecule is CC(=O)N1CCN(N=O)C[C@@H]1C. The van der Waals surface area contributed by atoms with Crippen molar-refractivity contribution in [3.8, 4) is 0 Å². The summed E-state index contributed by atoms with van der Waals surface area (Å²) in [7, 11) is 0. The van der Waals surface area contributed by atoms with Gasteiger partial charge in [0.15, 0.2) is 0 Å². The van der Waals surface area contributed by atoms with Crippen molar-refractivity contribution in [2.75, 3.05) is 19.6 Å². The van der Waals surface area contributed by atoms with Crippen LogP contribution in [0, 0.1) is 4.91 Å². The Balaban J connectivity index is 2.53. The molecular weight excluding hydrogens is 158 g/mol. The van der Waals surface area contributed by atoms with Gasteiger partial charge in [0.2, 0.25) is 5.91 Å². The predicted octanol–water partition coefficient (Wildman–Crippen LogP) is 0.220. The summed E-state index contributed by atoms with van der Waals surface area (Å²) in [5.74, 6) is 0.0630. The number of nitrogens with zero attached hydrogens (tertiary/aromatic N) is 3. The molecule has 1 saturated heterocycles. The first kappa shape index (κ1) is 8.96. The van der Waals surface area contributed by atoms with Crippen LogP contribution in [0.3, 0.4) is 0 Å². The zero-order chi connectivity index (χ0) is 9.14. The van der Waals surface area contributed by atoms with E-state index in [2.05, 4.69) is 5.29 Å². The van der Waals surface area contributed by atoms with Gasteiger partial charge < -0.3 is 4.90 Å². The second-order valence-corrected chi connectivity index (χ2v) is 3.06. The van der Waals surface area contributed by atoms with Crippen LogP contribution in [0.15, 0.2) is 5.29 Å². The molecule has 1 aliphatic rings. The van der Waals surface area contributed by atoms with Gasteiger partial charge >= 0.3 is 0 Å². The lowest BCUT2D eigenvalue weighted by Crippen LogP contribution is -2.51. The molecule has 0 bridgehead atoms. The minimum Gasteiger partial charge on any atom is -0.337 e. The molecule has 5 heteroatoms. The van der Waals surface area contributed by atoms with Gasteiger partial charge in [0.05, 0.1) is 18.4 Å². The maximum atomic E-state index is 11.0. The fourth-order valence-corrected chi connectivity index (χ4v) is 1.48. The zero-order valence-electron chi connectivity index (χ0n) is 7.36. The highest BCUT2D eigenvalue weighted by molar-refractivity contribution is 5.73. The lowest BCUT2D eigenvalue weighted by atomic mass is 10.2. The number of carbonyl (C=O) groups excluding carboxylic acids is 1. The number of amides is 1. The van der Waals surface area contributed by atoms with Gasteiger partial charge in [-0.05, 0) is 6.92 Å². The average molecular weight is 171 g/mol. The van der Waals surface area contributed by atoms with E-state index in [1.807, 2.05) is 6.92 Å². The molecule has 0 unspecified atom stereocenters. The first-order valence-corrected chi connectivity index (χ1v) is 4.00. The minimum atomic E-state index is 0.0630. The second-order valence-electron chi connectivity index (χ2n) is 3.06. The van der Waals surface area contributed by atoms with E-state index in [-0.39, 0.29) is 11.9 Å². The molecule has 12 heavy (non-hydrogen) atoms. The summed E-state index contributed by atoms with van der Waals surface area (Å²) in [5, 5.41) is 4.29. The molecule has 0 N–H and O–H groups in total. The molecule has 0 aromatic carbocycles. The maximum Gasteiger partial charge on any atom is 0.219 e. The van der Waals surface area contributed by atoms with Crippen molar-refractivity contribution in [3.05, 3.63) is 4.91 Å². The minimum absolute atomic E-state index is 0.0630. The molecule has 0 saturated carbocycles. The van der Waals surface area contributed by atoms with Gasteiger partial charge in [0, 0.05) is 19.5 Å². The van der Waals surface area contributed by atoms with Gasteiger partial charge in [-0.1, -0.05) is 0 Å². The monoisotopic (exact) mass is 171 g/mol. The molecule has 1 heterocycles. The van der Waals surface area contributed by atoms with E-state index in [1.54, 1.807) is 11.8 Å². The molecular formula is C7H13N3O2. The van der Waals surface area contributed by atoms with Crippen molar-refractivity contribution in [1.82, 2.24) is 9.91 Å². The van der Waals surface area contributed by atoms with Crippen LogP contribution in [-0.2, 0) is 4.79 Å². The smallest absolute Gasteiger partial charge is 0.219 e. The molecule has 5 nitrogen and oxygen atoms in total. The average Bonchev–Trinajstić information content (AvgIpc) is 2.03. The van der Waals surface area contributed by atoms with E-state index in [0.717, 1.165) is 0 Å². The van der Waals surface area contributed by atoms with Crippen molar-refractivity contribution >= 4 is 5.91 Å². The fourth-order valence-electron chi connectivity index (χ4n) is 1.48. The quantitative estimate of drug-likeness (QED) is 0.530. The third kappa shape index (κ3) is 1.72. The van der Waals surface area contributed by atoms with Crippen molar-refractivity contribution in [2.45, 2.75) is 19.9 Å². The van der Waals surface area contributed by atoms with Gasteiger partial charge in [-0.25, -0.2) is 0 Å². The number of piperazine rings is 1. The second kappa shape index (κ2) is 3.51. The summed E-state index contributed by atoms with van der Waals surface area (Å²) < 4.78 is 0. The van der Waals surface area contributed by atoms with Crippen molar-refractivity contribution in [2.24, 2.45) is 5.29 Å². The van der Waals surface area contributed by atoms with Crippen LogP contribution >= 0.6 is 0 Å². The first-order valence-electron chi connectivity index (χ1n) is 4.00. The third-order valence-corrected chi connectivity index (χ3v) is 2.13. The van der Waals surface area contributed by atoms with E-state index in [9.17, 15) is 9.70 Å². The van der Waals surface area contributed by atoms with E-state index in [4.69, 9.17) is 0 Å². The van der Waals surface area contributed by atoms with Gasteiger partial charge in [0.25, 0.3) is 0 Å². The number of hydrogen-bond acceptors (Lipinski definition) is 3. The molecule has 68 valence electrons. The van der Waals surface area contributed by atoms with Crippen molar-refractivity contribution < 1.29 is 4.79 Å². The van der Waals surface area contributed by atoms with E-state index < -0.39 is 0 Å². The maximum absolute atomic E-state index is 11.0. The molecule has 0 aliphatic carbocycles. The highest BCUT2D eigenvalue weighted by atomic mass is 16.3. The number of carbonyl (C=O) groups is 1. The molecule has 0 radical (unpaired) electrons. The summed E-state index contributed by atoms with van der Waals surface area (Å²) >= 11 is 0. The number of nitroso groups, excluding NO2 is 1. The van der Waals surface area contributed by atoms with Crippen LogP contribution in [0.25, 0.3) is 0 Å². The van der Waals surface area contributed by atoms with Gasteiger partial charge in [0.1, 0.15) is 0 Å². The van der Waals surface area contributed by atoms with Crippen LogP contribution in [-0.4, -0.2) is 41.5 Å². The fraction of sp³-hybridized carbons (Fsp3) is 0.857. The van der Waals surface area contributed by atoms with Gasteiger partial charge in [-0.2, -0.15) is 0 Å². The van der Waals surface area contributed by atoms with Crippen LogP contribution in [0.4, 0.5) is 0 Å². The Bertz CT molecular complexity index is 195. The van der Waals surface area contributed by atoms with Gasteiger partial charge in [-0.3, -0.25) is 9.80 Å². The zero-order valence-corrected chi connectivity index (χ0v) is 7.36. The summed E-state index contributed by atoms with van der Waals surface area (Å²) in [6.07, 6.45) is 0. The summed E-state index contributed by atoms with van der Waals surface area (Å²) in [5.41, 5.74) is 0. The lowest BCUT2D eigenvalue weighted by molar-refractivity contribution is -0.133. The molecule has 0 spiro atoms. The highest BCUT2D eigenvalue weighted by Gasteiger charge is 2.24. The van der Waals surface area contributed by atoms with Crippen LogP contribution in [0.5, 0.6) is 0 Å². The molecule has 1 atom stereocenters. The Kier molecular flexibility index (Phi) is 2.62. The molecule has 1 fully saturated rings. The highest BCUT2D eigenvalue weighted by Crippen LogP contribution is 2.09. The Labute approximate surface area is 71.3 Å². The topological polar surface area (TPSA) is 53.0 Å². The first-order chi connectivity index (χ1) is 5.65. The van der Waals surface area contributed by atoms with Gasteiger partial charge in [-0.15, -0.1) is 4.91 Å². The van der Waals surface area contributed by atoms with E-state index in [1.165, 1.54) is 5.01 Å². The Morgan fingerprint density at radius 2 is 2.17 bits per heavy atom. The summed E-state index contributed by atoms with van der Waals surface area (Å²) in [6, 6.07) is 0.0916. The van der Waals surface area contributed by atoms with Crippen LogP contribution < -0.4 is 0 Å². The predicted molar refractivity (Wildman–Crippen MR) is 44.2 cm³/mol. The molecule has 1 aliphatic heterocycles. The Hall–Kier alpha value is -1.13. The Morgan fingerprint density at radius 1 is 1.50 bits per heavy atom. The van der Waals surface area contributed by atoms with E-state index in [0.29, 0.717) is 19.6 Å². The van der Waals surface area contributed by atoms with Crippen molar-refractivity contribution in [3.63, 3.8) is 0 Å². The van der Waals surface area contributed by atoms with Crippen LogP contribution in [0.2, 0.25) is 0 Å². The van der Waals surface area contributed by atoms with Crippen LogP contribution in [0.1, 0.15) is 13.8 Å². The molecule has 0 aromatic heterocycles. The van der Waals surface area contributed by atoms with E-state index >= 15 is 0 Å². The largest absolute Gasteiger partial charge is 0.337 e. The summed E-state index contributed by atoms with van der Waals surface area (Å²) in [4.78, 5) is 22.9. The number of rotatable bonds is 1. The molecule has 0 aromatic rings. The number of hydrogen-bond donors (Lipinski definition) is 0. The third-order valence-electron chi connectivity index (χ3n) is 2.13. The molecule has 1 rings (SSSR count). The normalized spacial score (nSPS) is 24.0. The Morgan fingerprint density at radius 3 is 2.58 bits per heavy atom. The molecule has 1 amide bonds. The summed E-state index contributed by atoms with van der Waals surface area (Å²) in [6.45, 7) is 5.15. The lowest BCUT2D eigenvalue weighted by Gasteiger charge is -2.36. The van der Waals surface area contributed by atoms with Crippen molar-refractivity contribution in [1.29, 1.82) is 0 Å².